The maximum atomic E-state index is 7.37. The molecular weight excluding hydrogens is 1030 g/mol. The first kappa shape index (κ1) is 59.9. The molecule has 0 unspecified atom stereocenters. The zero-order chi connectivity index (χ0) is 63.7. The van der Waals surface area contributed by atoms with Crippen molar-refractivity contribution in [1.29, 1.82) is 0 Å². The van der Waals surface area contributed by atoms with Crippen LogP contribution in [0, 0.1) is 0 Å². The molecule has 0 saturated carbocycles. The summed E-state index contributed by atoms with van der Waals surface area (Å²) in [5, 5.41) is 22.1. The molecule has 12 aromatic carbocycles. The van der Waals surface area contributed by atoms with Crippen LogP contribution in [0.3, 0.4) is 0 Å². The highest BCUT2D eigenvalue weighted by Crippen LogP contribution is 2.37. The normalized spacial score (nSPS) is 12.3. The fourth-order valence-electron chi connectivity index (χ4n) is 18.9. The molecule has 0 aliphatic rings. The smallest absolute Gasteiger partial charge is 0.143 e. The Morgan fingerprint density at radius 2 is 0.250 bits per heavy atom. The fraction of sp³-hybridized carbons (Fsp3) is 0. The molecule has 0 spiro atoms. The average molecular weight is 1090 g/mol. The van der Waals surface area contributed by atoms with Crippen molar-refractivity contribution in [3.8, 4) is 33.4 Å². The van der Waals surface area contributed by atoms with Crippen molar-refractivity contribution in [2.45, 2.75) is 0 Å². The van der Waals surface area contributed by atoms with Gasteiger partial charge in [0.2, 0.25) is 0 Å². The Bertz CT molecular complexity index is 5400. The van der Waals surface area contributed by atoms with E-state index in [2.05, 4.69) is 235 Å². The second-order valence-electron chi connectivity index (χ2n) is 28.5. The Labute approximate surface area is 546 Å². The number of rotatable bonds is 3. The summed E-state index contributed by atoms with van der Waals surface area (Å²) in [4.78, 5) is 0. The van der Waals surface area contributed by atoms with Gasteiger partial charge in [0.1, 0.15) is 258 Å². The topological polar surface area (TPSA) is 26.3 Å². The highest BCUT2D eigenvalue weighted by molar-refractivity contribution is 6.79. The van der Waals surface area contributed by atoms with Crippen molar-refractivity contribution < 1.29 is 8.83 Å². The number of furan rings is 2. The van der Waals surface area contributed by atoms with E-state index in [4.69, 9.17) is 8.83 Å². The lowest BCUT2D eigenvalue weighted by Crippen LogP contribution is -2.48. The SMILES string of the molecule is Bc1c(-c2c(B)c(B)c3oc4c(B)c(B)c(-c5c(B)c(B)c6c(B)c(B)c7c(B)c(B)c(B)c8c(B)c(B)c5c6c78)c(B)c4c3c2B)c(B)c2c(oc3c(B)c(B)c(-c4c(B)c(B)c5c(B)c(B)c6c(B)c(B)c(B)c7c(B)c(B)c4c5c67)c(B)c32)c1B. The summed E-state index contributed by atoms with van der Waals surface area (Å²) in [7, 11) is 71.0. The van der Waals surface area contributed by atoms with E-state index in [0.29, 0.717) is 0 Å². The Balaban J connectivity index is 1.08. The molecule has 14 aromatic rings. The second-order valence-corrected chi connectivity index (χ2v) is 28.5. The molecule has 88 heavy (non-hydrogen) atoms. The van der Waals surface area contributed by atoms with E-state index in [1.165, 1.54) is 283 Å². The predicted molar refractivity (Wildman–Crippen MR) is 490 cm³/mol. The summed E-state index contributed by atoms with van der Waals surface area (Å²) in [6.07, 6.45) is 0. The third-order valence-corrected chi connectivity index (χ3v) is 25.3. The Morgan fingerprint density at radius 1 is 0.102 bits per heavy atom. The first-order chi connectivity index (χ1) is 41.3. The van der Waals surface area contributed by atoms with Gasteiger partial charge in [-0.3, -0.25) is 0 Å². The van der Waals surface area contributed by atoms with Crippen LogP contribution in [0.15, 0.2) is 8.83 Å². The van der Waals surface area contributed by atoms with Gasteiger partial charge in [0.05, 0.1) is 0 Å². The average Bonchev–Trinajstić information content (AvgIpc) is 0.917. The van der Waals surface area contributed by atoms with Crippen molar-refractivity contribution in [3.05, 3.63) is 0 Å². The van der Waals surface area contributed by atoms with E-state index >= 15 is 0 Å². The van der Waals surface area contributed by atoms with Gasteiger partial charge in [-0.1, -0.05) is 153 Å². The van der Waals surface area contributed by atoms with Gasteiger partial charge in [-0.25, -0.2) is 0 Å². The Kier molecular flexibility index (Phi) is 13.2. The highest BCUT2D eigenvalue weighted by atomic mass is 16.3. The molecule has 0 aliphatic carbocycles. The summed E-state index contributed by atoms with van der Waals surface area (Å²) < 4.78 is 14.7. The zero-order valence-electron chi connectivity index (χ0n) is 58.8. The van der Waals surface area contributed by atoms with E-state index in [1.54, 1.807) is 0 Å². The quantitative estimate of drug-likeness (QED) is 0.130. The minimum absolute atomic E-state index is 1.00. The van der Waals surface area contributed by atoms with Gasteiger partial charge in [-0.05, 0) is 98.0 Å². The Morgan fingerprint density at radius 3 is 0.466 bits per heavy atom. The van der Waals surface area contributed by atoms with Crippen LogP contribution >= 0.6 is 0 Å². The third-order valence-electron chi connectivity index (χ3n) is 25.3. The predicted octanol–water partition coefficient (Wildman–Crippen LogP) is -36.0. The van der Waals surface area contributed by atoms with Crippen LogP contribution in [-0.2, 0) is 0 Å². The van der Waals surface area contributed by atoms with Crippen LogP contribution in [0.1, 0.15) is 0 Å². The number of benzene rings is 12. The van der Waals surface area contributed by atoms with E-state index in [-0.39, 0.29) is 0 Å². The van der Waals surface area contributed by atoms with Crippen molar-refractivity contribution >= 4 is 508 Å². The van der Waals surface area contributed by atoms with Gasteiger partial charge in [0.15, 0.2) is 0 Å². The maximum Gasteiger partial charge on any atom is 0.143 e. The van der Waals surface area contributed by atoms with Gasteiger partial charge in [-0.15, -0.1) is 10.9 Å². The van der Waals surface area contributed by atoms with E-state index in [0.717, 1.165) is 22.3 Å². The number of hydrogen-bond donors (Lipinski definition) is 0. The minimum atomic E-state index is 1.00. The lowest BCUT2D eigenvalue weighted by atomic mass is 9.57. The van der Waals surface area contributed by atoms with Crippen molar-refractivity contribution in [2.75, 3.05) is 0 Å². The number of hydrogen-bond acceptors (Lipinski definition) is 2. The molecule has 0 aliphatic heterocycles. The van der Waals surface area contributed by atoms with E-state index in [9.17, 15) is 0 Å². The standard InChI is InChI=1S/C56H60B30O2/c57-23-15(7-5-1-3-11(33(67)27(5)61)39(73)47(81)41(75)13(3)37(71)35(69)9(1)31(65)29(7)63)43(77)49(83)53-19(23)21-25(59)17(45(79)51(85)55(21)87-53)18-26(60)22-20-24(58)16(44(78)50(84)54(20)88-56(22)52(86)46(18)80)8-6-2-4-12(34(68)28(6)62)40(74)48(82)42(76)14(4)38(72)36(70)10(2)32(66)30(8)64/h57-86H2. The van der Waals surface area contributed by atoms with Crippen LogP contribution in [0.2, 0.25) is 0 Å². The van der Waals surface area contributed by atoms with Crippen molar-refractivity contribution in [3.63, 3.8) is 0 Å². The molecular formula is C56H60B30O2. The zero-order valence-corrected chi connectivity index (χ0v) is 58.8. The summed E-state index contributed by atoms with van der Waals surface area (Å²) in [6, 6.07) is 0. The minimum Gasteiger partial charge on any atom is -0.457 e. The molecule has 2 heterocycles. The lowest BCUT2D eigenvalue weighted by molar-refractivity contribution is 0.674. The molecule has 0 N–H and O–H groups in total. The van der Waals surface area contributed by atoms with Crippen molar-refractivity contribution in [2.24, 2.45) is 0 Å². The molecule has 386 valence electrons. The van der Waals surface area contributed by atoms with Gasteiger partial charge in [0.25, 0.3) is 0 Å². The molecule has 0 atom stereocenters. The summed E-state index contributed by atoms with van der Waals surface area (Å²) in [5.74, 6) is 0. The monoisotopic (exact) mass is 1090 g/mol. The summed E-state index contributed by atoms with van der Waals surface area (Å²) in [6.45, 7) is 0. The maximum absolute atomic E-state index is 7.37. The summed E-state index contributed by atoms with van der Waals surface area (Å²) in [5.41, 5.74) is 52.4. The van der Waals surface area contributed by atoms with E-state index < -0.39 is 0 Å². The summed E-state index contributed by atoms with van der Waals surface area (Å²) >= 11 is 0. The van der Waals surface area contributed by atoms with Crippen LogP contribution < -0.4 is 164 Å². The largest absolute Gasteiger partial charge is 0.457 e. The van der Waals surface area contributed by atoms with Gasteiger partial charge in [-0.2, -0.15) is 0 Å². The highest BCUT2D eigenvalue weighted by Gasteiger charge is 2.33. The molecule has 0 radical (unpaired) electrons. The molecule has 0 bridgehead atoms. The van der Waals surface area contributed by atoms with Crippen LogP contribution in [0.5, 0.6) is 0 Å². The first-order valence-electron chi connectivity index (χ1n) is 32.6. The molecule has 32 heteroatoms. The third kappa shape index (κ3) is 6.90. The number of fused-ring (bicyclic) bond motifs is 6. The first-order valence-corrected chi connectivity index (χ1v) is 32.6. The molecule has 2 aromatic heterocycles. The lowest BCUT2D eigenvalue weighted by Gasteiger charge is -2.30. The van der Waals surface area contributed by atoms with Crippen molar-refractivity contribution in [1.82, 2.24) is 0 Å². The molecule has 14 rings (SSSR count). The fourth-order valence-corrected chi connectivity index (χ4v) is 18.9. The van der Waals surface area contributed by atoms with Gasteiger partial charge in [0, 0.05) is 21.5 Å². The van der Waals surface area contributed by atoms with E-state index in [1.807, 2.05) is 0 Å². The molecule has 2 nitrogen and oxygen atoms in total. The second kappa shape index (κ2) is 19.4. The van der Waals surface area contributed by atoms with Gasteiger partial charge < -0.3 is 8.83 Å². The molecule has 0 fully saturated rings. The molecule has 0 saturated heterocycles. The van der Waals surface area contributed by atoms with Crippen LogP contribution in [0.4, 0.5) is 0 Å². The van der Waals surface area contributed by atoms with Crippen LogP contribution in [0.25, 0.3) is 142 Å². The van der Waals surface area contributed by atoms with Gasteiger partial charge >= 0.3 is 0 Å². The Hall–Kier alpha value is -5.73. The van der Waals surface area contributed by atoms with Crippen LogP contribution in [-0.4, -0.2) is 235 Å². The molecule has 0 amide bonds.